The first-order valence-electron chi connectivity index (χ1n) is 10.1. The van der Waals surface area contributed by atoms with Gasteiger partial charge in [0.25, 0.3) is 5.91 Å². The Labute approximate surface area is 176 Å². The summed E-state index contributed by atoms with van der Waals surface area (Å²) >= 11 is 0. The number of aromatic nitrogens is 1. The van der Waals surface area contributed by atoms with Crippen LogP contribution >= 0.6 is 0 Å². The number of methoxy groups -OCH3 is 1. The van der Waals surface area contributed by atoms with E-state index < -0.39 is 0 Å². The molecule has 1 aliphatic rings. The number of amides is 1. The predicted octanol–water partition coefficient (Wildman–Crippen LogP) is 3.26. The zero-order chi connectivity index (χ0) is 20.9. The summed E-state index contributed by atoms with van der Waals surface area (Å²) < 4.78 is 5.41. The fraction of sp³-hybridized carbons (Fsp3) is 0.250. The number of carbonyl (C=O) groups excluding carboxylic acids is 1. The fourth-order valence-electron chi connectivity index (χ4n) is 4.01. The van der Waals surface area contributed by atoms with Crippen molar-refractivity contribution in [1.82, 2.24) is 21.2 Å². The molecule has 1 fully saturated rings. The molecule has 1 aliphatic heterocycles. The molecule has 0 saturated carbocycles. The molecule has 154 valence electrons. The summed E-state index contributed by atoms with van der Waals surface area (Å²) in [6.07, 6.45) is 3.66. The molecule has 1 saturated heterocycles. The molecule has 0 bridgehead atoms. The maximum atomic E-state index is 12.7. The van der Waals surface area contributed by atoms with E-state index in [1.54, 1.807) is 13.2 Å². The molecular formula is C24H26N4O2. The van der Waals surface area contributed by atoms with Gasteiger partial charge in [-0.25, -0.2) is 5.43 Å². The molecule has 2 atom stereocenters. The molecule has 3 N–H and O–H groups in total. The second kappa shape index (κ2) is 9.07. The number of para-hydroxylation sites is 1. The number of nitrogens with zero attached hydrogens (tertiary/aromatic N) is 1. The van der Waals surface area contributed by atoms with Gasteiger partial charge in [0.15, 0.2) is 0 Å². The third kappa shape index (κ3) is 4.20. The number of hydrogen-bond donors (Lipinski definition) is 3. The van der Waals surface area contributed by atoms with Crippen molar-refractivity contribution in [2.75, 3.05) is 13.7 Å². The average molecular weight is 402 g/mol. The van der Waals surface area contributed by atoms with Crippen LogP contribution in [0.25, 0.3) is 0 Å². The minimum Gasteiger partial charge on any atom is -0.496 e. The van der Waals surface area contributed by atoms with Crippen LogP contribution in [0.2, 0.25) is 0 Å². The van der Waals surface area contributed by atoms with Gasteiger partial charge >= 0.3 is 0 Å². The molecule has 1 amide bonds. The number of aryl methyl sites for hydroxylation is 1. The largest absolute Gasteiger partial charge is 0.496 e. The van der Waals surface area contributed by atoms with Crippen molar-refractivity contribution < 1.29 is 9.53 Å². The molecule has 0 aliphatic carbocycles. The molecule has 2 aromatic carbocycles. The van der Waals surface area contributed by atoms with Crippen molar-refractivity contribution in [3.05, 3.63) is 94.8 Å². The quantitative estimate of drug-likeness (QED) is 0.590. The molecular weight excluding hydrogens is 376 g/mol. The number of benzene rings is 2. The average Bonchev–Trinajstić information content (AvgIpc) is 3.28. The lowest BCUT2D eigenvalue weighted by Gasteiger charge is -2.20. The molecule has 1 aromatic heterocycles. The van der Waals surface area contributed by atoms with Crippen molar-refractivity contribution >= 4 is 5.91 Å². The van der Waals surface area contributed by atoms with E-state index in [9.17, 15) is 4.79 Å². The van der Waals surface area contributed by atoms with E-state index in [2.05, 4.69) is 45.4 Å². The van der Waals surface area contributed by atoms with Crippen LogP contribution in [-0.4, -0.2) is 24.5 Å². The van der Waals surface area contributed by atoms with Gasteiger partial charge in [-0.1, -0.05) is 36.4 Å². The van der Waals surface area contributed by atoms with E-state index in [-0.39, 0.29) is 11.9 Å². The maximum absolute atomic E-state index is 12.7. The Morgan fingerprint density at radius 2 is 1.93 bits per heavy atom. The fourth-order valence-corrected chi connectivity index (χ4v) is 4.01. The van der Waals surface area contributed by atoms with Crippen molar-refractivity contribution in [2.24, 2.45) is 0 Å². The number of nitrogens with one attached hydrogen (secondary N) is 3. The lowest BCUT2D eigenvalue weighted by Crippen LogP contribution is -2.25. The molecule has 0 radical (unpaired) electrons. The summed E-state index contributed by atoms with van der Waals surface area (Å²) in [5, 5.41) is 3.01. The van der Waals surface area contributed by atoms with Gasteiger partial charge in [0.2, 0.25) is 0 Å². The zero-order valence-corrected chi connectivity index (χ0v) is 17.2. The van der Waals surface area contributed by atoms with Crippen molar-refractivity contribution in [3.8, 4) is 5.75 Å². The van der Waals surface area contributed by atoms with Crippen LogP contribution in [-0.2, 0) is 6.54 Å². The predicted molar refractivity (Wildman–Crippen MR) is 116 cm³/mol. The summed E-state index contributed by atoms with van der Waals surface area (Å²) in [6.45, 7) is 3.23. The Balaban J connectivity index is 1.48. The van der Waals surface area contributed by atoms with Crippen LogP contribution in [0.5, 0.6) is 5.75 Å². The third-order valence-electron chi connectivity index (χ3n) is 5.54. The Kier molecular flexibility index (Phi) is 6.07. The Morgan fingerprint density at radius 1 is 1.13 bits per heavy atom. The lowest BCUT2D eigenvalue weighted by molar-refractivity contribution is 0.0947. The summed E-state index contributed by atoms with van der Waals surface area (Å²) in [6, 6.07) is 18.2. The number of hydrazine groups is 1. The van der Waals surface area contributed by atoms with Crippen LogP contribution in [0.1, 0.15) is 44.6 Å². The van der Waals surface area contributed by atoms with Gasteiger partial charge in [-0.2, -0.15) is 0 Å². The SMILES string of the molecule is COc1c(C)cccc1C(=O)NCc1cccc(C2NNCC2c2ccncc2)c1. The standard InChI is InChI=1S/C24H26N4O2/c1-16-5-3-8-20(23(16)30-2)24(29)26-14-17-6-4-7-19(13-17)22-21(15-27-28-22)18-9-11-25-12-10-18/h3-13,21-22,27-28H,14-15H2,1-2H3,(H,26,29). The Bertz CT molecular complexity index is 1020. The van der Waals surface area contributed by atoms with E-state index in [0.717, 1.165) is 17.7 Å². The second-order valence-electron chi connectivity index (χ2n) is 7.47. The molecule has 6 heteroatoms. The highest BCUT2D eigenvalue weighted by Crippen LogP contribution is 2.33. The normalized spacial score (nSPS) is 18.2. The highest BCUT2D eigenvalue weighted by Gasteiger charge is 2.29. The van der Waals surface area contributed by atoms with Gasteiger partial charge in [0, 0.05) is 31.4 Å². The number of rotatable bonds is 6. The van der Waals surface area contributed by atoms with Crippen LogP contribution in [0.3, 0.4) is 0 Å². The van der Waals surface area contributed by atoms with E-state index in [0.29, 0.717) is 23.8 Å². The van der Waals surface area contributed by atoms with Crippen molar-refractivity contribution in [1.29, 1.82) is 0 Å². The van der Waals surface area contributed by atoms with Gasteiger partial charge < -0.3 is 10.1 Å². The van der Waals surface area contributed by atoms with Gasteiger partial charge in [-0.15, -0.1) is 0 Å². The highest BCUT2D eigenvalue weighted by atomic mass is 16.5. The zero-order valence-electron chi connectivity index (χ0n) is 17.2. The summed E-state index contributed by atoms with van der Waals surface area (Å²) in [4.78, 5) is 16.8. The minimum atomic E-state index is -0.142. The summed E-state index contributed by atoms with van der Waals surface area (Å²) in [5.74, 6) is 0.788. The van der Waals surface area contributed by atoms with E-state index in [1.807, 2.05) is 43.6 Å². The Morgan fingerprint density at radius 3 is 2.73 bits per heavy atom. The Hall–Kier alpha value is -3.22. The topological polar surface area (TPSA) is 75.3 Å². The van der Waals surface area contributed by atoms with Gasteiger partial charge in [-0.3, -0.25) is 15.2 Å². The first-order chi connectivity index (χ1) is 14.7. The smallest absolute Gasteiger partial charge is 0.255 e. The van der Waals surface area contributed by atoms with Gasteiger partial charge in [-0.05, 0) is 47.4 Å². The number of pyridine rings is 1. The number of ether oxygens (including phenoxy) is 1. The molecule has 6 nitrogen and oxygen atoms in total. The molecule has 2 heterocycles. The van der Waals surface area contributed by atoms with E-state index in [1.165, 1.54) is 11.1 Å². The second-order valence-corrected chi connectivity index (χ2v) is 7.47. The van der Waals surface area contributed by atoms with Gasteiger partial charge in [0.1, 0.15) is 5.75 Å². The van der Waals surface area contributed by atoms with Crippen LogP contribution in [0, 0.1) is 6.92 Å². The van der Waals surface area contributed by atoms with E-state index >= 15 is 0 Å². The van der Waals surface area contributed by atoms with Crippen LogP contribution < -0.4 is 20.9 Å². The van der Waals surface area contributed by atoms with Crippen molar-refractivity contribution in [3.63, 3.8) is 0 Å². The number of hydrogen-bond acceptors (Lipinski definition) is 5. The van der Waals surface area contributed by atoms with Crippen LogP contribution in [0.4, 0.5) is 0 Å². The first kappa shape index (κ1) is 20.1. The molecule has 2 unspecified atom stereocenters. The van der Waals surface area contributed by atoms with E-state index in [4.69, 9.17) is 4.74 Å². The highest BCUT2D eigenvalue weighted by molar-refractivity contribution is 5.97. The van der Waals surface area contributed by atoms with Crippen molar-refractivity contribution in [2.45, 2.75) is 25.4 Å². The third-order valence-corrected chi connectivity index (χ3v) is 5.54. The maximum Gasteiger partial charge on any atom is 0.255 e. The lowest BCUT2D eigenvalue weighted by atomic mass is 9.88. The first-order valence-corrected chi connectivity index (χ1v) is 10.1. The van der Waals surface area contributed by atoms with Crippen LogP contribution in [0.15, 0.2) is 67.0 Å². The number of carbonyl (C=O) groups is 1. The molecule has 4 rings (SSSR count). The van der Waals surface area contributed by atoms with Gasteiger partial charge in [0.05, 0.1) is 18.7 Å². The monoisotopic (exact) mass is 402 g/mol. The summed E-state index contributed by atoms with van der Waals surface area (Å²) in [5.41, 5.74) is 11.6. The summed E-state index contributed by atoms with van der Waals surface area (Å²) in [7, 11) is 1.59. The molecule has 0 spiro atoms. The molecule has 3 aromatic rings. The molecule has 30 heavy (non-hydrogen) atoms. The minimum absolute atomic E-state index is 0.142.